The molecule has 0 amide bonds. The third-order valence-corrected chi connectivity index (χ3v) is 5.72. The molecule has 0 aliphatic heterocycles. The van der Waals surface area contributed by atoms with Crippen LogP contribution in [0.4, 0.5) is 0 Å². The summed E-state index contributed by atoms with van der Waals surface area (Å²) in [5, 5.41) is 0. The molecule has 0 nitrogen and oxygen atoms in total. The summed E-state index contributed by atoms with van der Waals surface area (Å²) < 4.78 is 0. The van der Waals surface area contributed by atoms with E-state index in [1.54, 1.807) is 0 Å². The van der Waals surface area contributed by atoms with Gasteiger partial charge in [0.1, 0.15) is 0 Å². The van der Waals surface area contributed by atoms with Crippen LogP contribution in [0, 0.1) is 23.2 Å². The number of rotatable bonds is 1. The van der Waals surface area contributed by atoms with E-state index in [1.165, 1.54) is 57.8 Å². The quantitative estimate of drug-likeness (QED) is 0.556. The van der Waals surface area contributed by atoms with Crippen LogP contribution in [0.3, 0.4) is 0 Å². The Morgan fingerprint density at radius 2 is 1.44 bits per heavy atom. The average Bonchev–Trinajstić information content (AvgIpc) is 2.31. The number of fused-ring (bicyclic) bond motifs is 7. The third kappa shape index (κ3) is 2.81. The van der Waals surface area contributed by atoms with Gasteiger partial charge in [0.25, 0.3) is 0 Å². The van der Waals surface area contributed by atoms with E-state index in [-0.39, 0.29) is 0 Å². The zero-order chi connectivity index (χ0) is 11.6. The van der Waals surface area contributed by atoms with E-state index in [1.807, 2.05) is 0 Å². The van der Waals surface area contributed by atoms with Crippen LogP contribution < -0.4 is 0 Å². The number of hydrogen-bond donors (Lipinski definition) is 0. The predicted molar refractivity (Wildman–Crippen MR) is 71.5 cm³/mol. The Morgan fingerprint density at radius 1 is 0.875 bits per heavy atom. The van der Waals surface area contributed by atoms with Gasteiger partial charge in [0.05, 0.1) is 0 Å². The molecule has 0 heterocycles. The second-order valence-corrected chi connectivity index (χ2v) is 7.15. The molecule has 0 spiro atoms. The molecule has 3 rings (SSSR count). The second-order valence-electron chi connectivity index (χ2n) is 7.15. The molecule has 0 saturated heterocycles. The highest BCUT2D eigenvalue weighted by atomic mass is 14.4. The van der Waals surface area contributed by atoms with Crippen molar-refractivity contribution in [2.75, 3.05) is 0 Å². The van der Waals surface area contributed by atoms with Crippen molar-refractivity contribution in [1.82, 2.24) is 0 Å². The Morgan fingerprint density at radius 3 is 2.00 bits per heavy atom. The molecule has 0 heteroatoms. The maximum atomic E-state index is 2.57. The molecule has 1 unspecified atom stereocenters. The van der Waals surface area contributed by atoms with Crippen LogP contribution in [-0.2, 0) is 0 Å². The minimum Gasteiger partial charge on any atom is -0.0623 e. The van der Waals surface area contributed by atoms with Crippen molar-refractivity contribution in [3.63, 3.8) is 0 Å². The zero-order valence-corrected chi connectivity index (χ0v) is 11.6. The molecule has 0 aromatic carbocycles. The Bertz CT molecular complexity index is 208. The summed E-state index contributed by atoms with van der Waals surface area (Å²) >= 11 is 0. The molecule has 94 valence electrons. The molecule has 2 bridgehead atoms. The first-order valence-corrected chi connectivity index (χ1v) is 7.60. The fourth-order valence-electron chi connectivity index (χ4n) is 3.99. The van der Waals surface area contributed by atoms with Crippen LogP contribution in [0.1, 0.15) is 78.6 Å². The fourth-order valence-corrected chi connectivity index (χ4v) is 3.99. The Balaban J connectivity index is 2.13. The monoisotopic (exact) mass is 222 g/mol. The normalized spacial score (nSPS) is 41.2. The average molecular weight is 222 g/mol. The van der Waals surface area contributed by atoms with Crippen LogP contribution in [-0.4, -0.2) is 0 Å². The van der Waals surface area contributed by atoms with Gasteiger partial charge in [-0.2, -0.15) is 0 Å². The van der Waals surface area contributed by atoms with Gasteiger partial charge in [-0.1, -0.05) is 59.3 Å². The Hall–Kier alpha value is 0. The third-order valence-electron chi connectivity index (χ3n) is 5.72. The summed E-state index contributed by atoms with van der Waals surface area (Å²) in [6.07, 6.45) is 13.7. The van der Waals surface area contributed by atoms with Gasteiger partial charge in [0.2, 0.25) is 0 Å². The summed E-state index contributed by atoms with van der Waals surface area (Å²) in [7, 11) is 0. The van der Waals surface area contributed by atoms with Crippen LogP contribution >= 0.6 is 0 Å². The topological polar surface area (TPSA) is 0 Å². The molecule has 3 saturated carbocycles. The lowest BCUT2D eigenvalue weighted by Gasteiger charge is -2.36. The molecular weight excluding hydrogens is 192 g/mol. The Kier molecular flexibility index (Phi) is 3.97. The van der Waals surface area contributed by atoms with Crippen LogP contribution in [0.15, 0.2) is 0 Å². The lowest BCUT2D eigenvalue weighted by Crippen LogP contribution is -2.26. The lowest BCUT2D eigenvalue weighted by atomic mass is 9.69. The van der Waals surface area contributed by atoms with Crippen molar-refractivity contribution >= 4 is 0 Å². The van der Waals surface area contributed by atoms with E-state index in [4.69, 9.17) is 0 Å². The fraction of sp³-hybridized carbons (Fsp3) is 1.00. The van der Waals surface area contributed by atoms with Gasteiger partial charge in [-0.05, 0) is 42.4 Å². The first kappa shape index (κ1) is 12.5. The summed E-state index contributed by atoms with van der Waals surface area (Å²) in [5.74, 6) is 2.98. The molecule has 0 radical (unpaired) electrons. The highest BCUT2D eigenvalue weighted by molar-refractivity contribution is 4.85. The van der Waals surface area contributed by atoms with Crippen molar-refractivity contribution < 1.29 is 0 Å². The molecule has 0 N–H and O–H groups in total. The second kappa shape index (κ2) is 5.10. The van der Waals surface area contributed by atoms with E-state index < -0.39 is 0 Å². The van der Waals surface area contributed by atoms with Crippen LogP contribution in [0.5, 0.6) is 0 Å². The maximum Gasteiger partial charge on any atom is -0.0300 e. The SMILES string of the molecule is CC(C)C1(C)CCC2CCCC(CCC2)C1. The minimum absolute atomic E-state index is 0.637. The van der Waals surface area contributed by atoms with Crippen LogP contribution in [0.2, 0.25) is 0 Å². The summed E-state index contributed by atoms with van der Waals surface area (Å²) in [6, 6.07) is 0. The highest BCUT2D eigenvalue weighted by Gasteiger charge is 2.34. The predicted octanol–water partition coefficient (Wildman–Crippen LogP) is 5.42. The summed E-state index contributed by atoms with van der Waals surface area (Å²) in [5.41, 5.74) is 0.637. The molecule has 3 fully saturated rings. The summed E-state index contributed by atoms with van der Waals surface area (Å²) in [4.78, 5) is 0. The van der Waals surface area contributed by atoms with Gasteiger partial charge in [0, 0.05) is 0 Å². The maximum absolute atomic E-state index is 2.57. The lowest BCUT2D eigenvalue weighted by molar-refractivity contribution is 0.141. The van der Waals surface area contributed by atoms with E-state index in [2.05, 4.69) is 20.8 Å². The van der Waals surface area contributed by atoms with Crippen molar-refractivity contribution in [1.29, 1.82) is 0 Å². The van der Waals surface area contributed by atoms with Gasteiger partial charge in [-0.3, -0.25) is 0 Å². The summed E-state index contributed by atoms with van der Waals surface area (Å²) in [6.45, 7) is 7.46. The molecule has 0 aromatic rings. The first-order chi connectivity index (χ1) is 7.60. The molecule has 16 heavy (non-hydrogen) atoms. The van der Waals surface area contributed by atoms with Gasteiger partial charge in [-0.25, -0.2) is 0 Å². The van der Waals surface area contributed by atoms with Crippen molar-refractivity contribution in [2.24, 2.45) is 23.2 Å². The van der Waals surface area contributed by atoms with Gasteiger partial charge >= 0.3 is 0 Å². The molecule has 3 aliphatic carbocycles. The van der Waals surface area contributed by atoms with E-state index in [0.717, 1.165) is 17.8 Å². The van der Waals surface area contributed by atoms with Gasteiger partial charge < -0.3 is 0 Å². The standard InChI is InChI=1S/C16H30/c1-13(2)16(3)11-10-14-6-4-8-15(12-16)9-5-7-14/h13-15H,4-12H2,1-3H3. The van der Waals surface area contributed by atoms with Crippen molar-refractivity contribution in [2.45, 2.75) is 78.6 Å². The minimum atomic E-state index is 0.637. The van der Waals surface area contributed by atoms with E-state index >= 15 is 0 Å². The Labute approximate surface area is 102 Å². The molecule has 0 aromatic heterocycles. The van der Waals surface area contributed by atoms with Crippen molar-refractivity contribution in [3.8, 4) is 0 Å². The molecule has 1 atom stereocenters. The largest absolute Gasteiger partial charge is 0.0623 e. The van der Waals surface area contributed by atoms with E-state index in [9.17, 15) is 0 Å². The van der Waals surface area contributed by atoms with E-state index in [0.29, 0.717) is 5.41 Å². The highest BCUT2D eigenvalue weighted by Crippen LogP contribution is 2.46. The molecule has 3 aliphatic rings. The van der Waals surface area contributed by atoms with Gasteiger partial charge in [0.15, 0.2) is 0 Å². The van der Waals surface area contributed by atoms with Crippen LogP contribution in [0.25, 0.3) is 0 Å². The van der Waals surface area contributed by atoms with Crippen molar-refractivity contribution in [3.05, 3.63) is 0 Å². The molecular formula is C16H30. The van der Waals surface area contributed by atoms with Gasteiger partial charge in [-0.15, -0.1) is 0 Å². The smallest absolute Gasteiger partial charge is 0.0300 e. The number of hydrogen-bond acceptors (Lipinski definition) is 0. The zero-order valence-electron chi connectivity index (χ0n) is 11.6. The first-order valence-electron chi connectivity index (χ1n) is 7.60.